The van der Waals surface area contributed by atoms with E-state index in [1.165, 1.54) is 83.5 Å². The summed E-state index contributed by atoms with van der Waals surface area (Å²) in [6.45, 7) is 20.0. The molecule has 6 aromatic rings. The van der Waals surface area contributed by atoms with Gasteiger partial charge in [0.15, 0.2) is 0 Å². The molecule has 0 saturated heterocycles. The lowest BCUT2D eigenvalue weighted by Crippen LogP contribution is -2.71. The van der Waals surface area contributed by atoms with Crippen LogP contribution >= 0.6 is 7.60 Å². The van der Waals surface area contributed by atoms with E-state index in [0.29, 0.717) is 0 Å². The molecule has 0 aliphatic carbocycles. The standard InChI is InChI=1S/C54H45N4O3P/c1-28-22-31(4)47(32(5)23-28)51-41-16-14-39-50(37-10-12-38(13-11-37)62(59,60)61)40-15-17-42-52(48-33(6)24-29(2)25-34(48)7)44-19-21-46-53(49-35(8)26-30(3)27-36(49)9)45-20-18-43(51)57(45)54(55(39)41,56(40)42)58(44)46/h10-27H,1-9H3/p+2. The van der Waals surface area contributed by atoms with Crippen LogP contribution in [0.4, 0.5) is 0 Å². The molecule has 1 spiro atoms. The zero-order valence-electron chi connectivity index (χ0n) is 36.4. The van der Waals surface area contributed by atoms with Crippen molar-refractivity contribution in [2.24, 2.45) is 0 Å². The van der Waals surface area contributed by atoms with Crippen molar-refractivity contribution in [3.05, 3.63) is 215 Å². The monoisotopic (exact) mass is 830 g/mol. The van der Waals surface area contributed by atoms with Crippen molar-refractivity contribution in [2.45, 2.75) is 68.2 Å². The summed E-state index contributed by atoms with van der Waals surface area (Å²) in [5.74, 6) is -0.942. The summed E-state index contributed by atoms with van der Waals surface area (Å²) in [5.41, 5.74) is 27.1. The molecule has 2 N–H and O–H groups in total. The molecule has 0 amide bonds. The van der Waals surface area contributed by atoms with Gasteiger partial charge < -0.3 is 9.79 Å². The van der Waals surface area contributed by atoms with Crippen molar-refractivity contribution in [2.75, 3.05) is 0 Å². The number of allylic oxidation sites excluding steroid dienone is 4. The number of hydrogen-bond donors (Lipinski definition) is 2. The maximum atomic E-state index is 12.5. The van der Waals surface area contributed by atoms with Crippen molar-refractivity contribution >= 4 is 46.6 Å². The Morgan fingerprint density at radius 1 is 0.468 bits per heavy atom. The minimum absolute atomic E-state index is 0.00526. The Morgan fingerprint density at radius 3 is 1.27 bits per heavy atom. The quantitative estimate of drug-likeness (QED) is 0.137. The molecule has 304 valence electrons. The largest absolute Gasteiger partial charge is 0.553 e. The van der Waals surface area contributed by atoms with E-state index in [1.54, 1.807) is 12.1 Å². The lowest BCUT2D eigenvalue weighted by Gasteiger charge is -2.41. The van der Waals surface area contributed by atoms with E-state index in [4.69, 9.17) is 0 Å². The first-order valence-corrected chi connectivity index (χ1v) is 23.0. The van der Waals surface area contributed by atoms with Crippen LogP contribution in [0.3, 0.4) is 0 Å². The highest BCUT2D eigenvalue weighted by Crippen LogP contribution is 2.54. The molecule has 7 nitrogen and oxygen atoms in total. The Labute approximate surface area is 361 Å². The first-order chi connectivity index (χ1) is 29.6. The molecule has 62 heavy (non-hydrogen) atoms. The average molecular weight is 831 g/mol. The Kier molecular flexibility index (Phi) is 7.34. The van der Waals surface area contributed by atoms with Crippen LogP contribution in [-0.2, 0) is 10.5 Å². The van der Waals surface area contributed by atoms with Crippen LogP contribution in [0.5, 0.6) is 0 Å². The van der Waals surface area contributed by atoms with Crippen LogP contribution in [0.2, 0.25) is 0 Å². The number of benzene rings is 4. The third kappa shape index (κ3) is 4.50. The fourth-order valence-electron chi connectivity index (χ4n) is 12.3. The highest BCUT2D eigenvalue weighted by molar-refractivity contribution is 7.60. The van der Waals surface area contributed by atoms with Crippen LogP contribution in [0, 0.1) is 62.3 Å². The summed E-state index contributed by atoms with van der Waals surface area (Å²) in [6, 6.07) is 30.0. The summed E-state index contributed by atoms with van der Waals surface area (Å²) in [5, 5.41) is 2.16. The molecule has 2 aromatic heterocycles. The topological polar surface area (TPSA) is 73.4 Å². The van der Waals surface area contributed by atoms with Gasteiger partial charge in [-0.15, -0.1) is 0 Å². The van der Waals surface area contributed by atoms with E-state index in [9.17, 15) is 14.4 Å². The SMILES string of the molecule is Cc1cc(C)c(C2=C3C=CC4=[N+]3C35n6c2ccc6C(c2c(C)cc(C)cc2C)=C2C=CC(=[N+]23)C(c2c(C)cc(C)cc2C)=c2ccc(n25)=C4c2ccc(P(=O)(O)O)cc2)c(C)c1. The summed E-state index contributed by atoms with van der Waals surface area (Å²) in [4.78, 5) is 20.3. The van der Waals surface area contributed by atoms with Gasteiger partial charge in [-0.05, 0) is 154 Å². The maximum absolute atomic E-state index is 12.5. The van der Waals surface area contributed by atoms with E-state index in [0.717, 1.165) is 56.0 Å². The molecule has 6 aliphatic rings. The second-order valence-electron chi connectivity index (χ2n) is 18.3. The van der Waals surface area contributed by atoms with Gasteiger partial charge in [0.05, 0.1) is 49.7 Å². The van der Waals surface area contributed by atoms with Crippen molar-refractivity contribution in [1.29, 1.82) is 0 Å². The zero-order valence-corrected chi connectivity index (χ0v) is 37.3. The number of rotatable bonds is 5. The number of aryl methyl sites for hydroxylation is 9. The second-order valence-corrected chi connectivity index (χ2v) is 19.9. The van der Waals surface area contributed by atoms with Gasteiger partial charge in [0.25, 0.3) is 0 Å². The Balaban J connectivity index is 1.33. The lowest BCUT2D eigenvalue weighted by atomic mass is 9.87. The Bertz CT molecular complexity index is 3510. The van der Waals surface area contributed by atoms with Crippen LogP contribution < -0.4 is 16.0 Å². The molecule has 0 saturated carbocycles. The average Bonchev–Trinajstić information content (AvgIpc) is 4.01. The summed E-state index contributed by atoms with van der Waals surface area (Å²) in [7, 11) is -4.46. The van der Waals surface area contributed by atoms with Crippen molar-refractivity contribution < 1.29 is 23.5 Å². The second kappa shape index (κ2) is 12.2. The van der Waals surface area contributed by atoms with Crippen molar-refractivity contribution in [3.8, 4) is 0 Å². The van der Waals surface area contributed by atoms with Gasteiger partial charge in [0, 0.05) is 24.3 Å². The summed E-state index contributed by atoms with van der Waals surface area (Å²) in [6.07, 6.45) is 9.28. The fourth-order valence-corrected chi connectivity index (χ4v) is 12.9. The van der Waals surface area contributed by atoms with Crippen LogP contribution in [0.15, 0.2) is 121 Å². The molecule has 6 aliphatic heterocycles. The number of nitrogens with zero attached hydrogens (tertiary/aromatic N) is 4. The summed E-state index contributed by atoms with van der Waals surface area (Å²) >= 11 is 0. The van der Waals surface area contributed by atoms with E-state index >= 15 is 0 Å². The predicted molar refractivity (Wildman–Crippen MR) is 247 cm³/mol. The van der Waals surface area contributed by atoms with Crippen molar-refractivity contribution in [3.63, 3.8) is 0 Å². The highest BCUT2D eigenvalue weighted by Gasteiger charge is 2.73. The molecule has 1 unspecified atom stereocenters. The van der Waals surface area contributed by atoms with Gasteiger partial charge >= 0.3 is 13.5 Å². The molecule has 0 radical (unpaired) electrons. The fraction of sp³-hybridized carbons (Fsp3) is 0.185. The van der Waals surface area contributed by atoms with E-state index in [-0.39, 0.29) is 5.30 Å². The smallest absolute Gasteiger partial charge is 0.321 e. The number of hydrogen-bond acceptors (Lipinski definition) is 1. The predicted octanol–water partition coefficient (Wildman–Crippen LogP) is 8.00. The molecular weight excluding hydrogens is 784 g/mol. The van der Waals surface area contributed by atoms with Crippen LogP contribution in [0.1, 0.15) is 83.7 Å². The van der Waals surface area contributed by atoms with Gasteiger partial charge in [0.1, 0.15) is 0 Å². The minimum atomic E-state index is -4.46. The van der Waals surface area contributed by atoms with Crippen LogP contribution in [-0.4, -0.2) is 39.5 Å². The van der Waals surface area contributed by atoms with Crippen LogP contribution in [0.25, 0.3) is 22.3 Å². The van der Waals surface area contributed by atoms with Gasteiger partial charge in [0.2, 0.25) is 22.8 Å². The Hall–Kier alpha value is -6.37. The molecule has 8 heteroatoms. The van der Waals surface area contributed by atoms with E-state index in [2.05, 4.69) is 166 Å². The first kappa shape index (κ1) is 37.4. The van der Waals surface area contributed by atoms with Gasteiger partial charge in [-0.2, -0.15) is 9.13 Å². The van der Waals surface area contributed by atoms with E-state index in [1.807, 2.05) is 12.1 Å². The van der Waals surface area contributed by atoms with Gasteiger partial charge in [-0.3, -0.25) is 4.57 Å². The zero-order chi connectivity index (χ0) is 43.0. The number of aromatic nitrogens is 2. The molecule has 12 rings (SSSR count). The third-order valence-corrected chi connectivity index (χ3v) is 15.0. The molecule has 4 aromatic carbocycles. The van der Waals surface area contributed by atoms with Gasteiger partial charge in [-0.25, -0.2) is 0 Å². The Morgan fingerprint density at radius 2 is 0.855 bits per heavy atom. The molecule has 8 heterocycles. The normalized spacial score (nSPS) is 18.9. The third-order valence-electron chi connectivity index (χ3n) is 14.0. The molecular formula is C54H47N4O3P+2. The molecule has 1 atom stereocenters. The molecule has 0 fully saturated rings. The minimum Gasteiger partial charge on any atom is -0.321 e. The highest BCUT2D eigenvalue weighted by atomic mass is 31.2. The van der Waals surface area contributed by atoms with Crippen molar-refractivity contribution in [1.82, 2.24) is 9.13 Å². The van der Waals surface area contributed by atoms with Gasteiger partial charge in [-0.1, -0.05) is 74.4 Å². The van der Waals surface area contributed by atoms with E-state index < -0.39 is 13.5 Å². The molecule has 0 bridgehead atoms. The lowest BCUT2D eigenvalue weighted by molar-refractivity contribution is -0.834. The summed E-state index contributed by atoms with van der Waals surface area (Å²) < 4.78 is 22.9. The first-order valence-electron chi connectivity index (χ1n) is 21.4. The maximum Gasteiger partial charge on any atom is 0.553 e.